The molecule has 0 radical (unpaired) electrons. The standard InChI is InChI=1S/C15H20O2/c1-3-11-10-13(6-9-15(11)17-2)12-4-7-14(16)8-5-12/h6,9-10,12H,3-5,7-8H2,1-2H3. The van der Waals surface area contributed by atoms with Gasteiger partial charge in [-0.1, -0.05) is 19.1 Å². The van der Waals surface area contributed by atoms with Gasteiger partial charge in [-0.15, -0.1) is 0 Å². The van der Waals surface area contributed by atoms with Gasteiger partial charge in [0, 0.05) is 12.8 Å². The third kappa shape index (κ3) is 2.68. The van der Waals surface area contributed by atoms with E-state index in [1.165, 1.54) is 11.1 Å². The van der Waals surface area contributed by atoms with Crippen LogP contribution in [0.2, 0.25) is 0 Å². The smallest absolute Gasteiger partial charge is 0.132 e. The second-order valence-electron chi connectivity index (χ2n) is 4.74. The lowest BCUT2D eigenvalue weighted by molar-refractivity contribution is -0.120. The highest BCUT2D eigenvalue weighted by molar-refractivity contribution is 5.79. The molecule has 0 N–H and O–H groups in total. The molecule has 1 aliphatic carbocycles. The summed E-state index contributed by atoms with van der Waals surface area (Å²) in [6.07, 6.45) is 4.50. The summed E-state index contributed by atoms with van der Waals surface area (Å²) >= 11 is 0. The summed E-state index contributed by atoms with van der Waals surface area (Å²) in [5.74, 6) is 1.96. The molecule has 17 heavy (non-hydrogen) atoms. The average molecular weight is 232 g/mol. The molecule has 0 bridgehead atoms. The summed E-state index contributed by atoms with van der Waals surface area (Å²) < 4.78 is 5.34. The molecule has 2 rings (SSSR count). The van der Waals surface area contributed by atoms with E-state index in [1.807, 2.05) is 0 Å². The average Bonchev–Trinajstić information content (AvgIpc) is 2.39. The quantitative estimate of drug-likeness (QED) is 0.797. The molecule has 2 nitrogen and oxygen atoms in total. The van der Waals surface area contributed by atoms with Crippen LogP contribution in [-0.2, 0) is 11.2 Å². The number of Topliss-reactive ketones (excluding diaryl/α,β-unsaturated/α-hetero) is 1. The molecule has 1 saturated carbocycles. The van der Waals surface area contributed by atoms with Crippen molar-refractivity contribution in [1.82, 2.24) is 0 Å². The Morgan fingerprint density at radius 1 is 1.29 bits per heavy atom. The normalized spacial score (nSPS) is 17.2. The summed E-state index contributed by atoms with van der Waals surface area (Å²) in [7, 11) is 1.72. The second kappa shape index (κ2) is 5.35. The summed E-state index contributed by atoms with van der Waals surface area (Å²) in [6.45, 7) is 2.14. The number of hydrogen-bond acceptors (Lipinski definition) is 2. The van der Waals surface area contributed by atoms with Gasteiger partial charge in [0.1, 0.15) is 11.5 Å². The van der Waals surface area contributed by atoms with Crippen molar-refractivity contribution < 1.29 is 9.53 Å². The number of carbonyl (C=O) groups is 1. The van der Waals surface area contributed by atoms with E-state index in [0.717, 1.165) is 37.9 Å². The lowest BCUT2D eigenvalue weighted by Gasteiger charge is -2.22. The molecular formula is C15H20O2. The summed E-state index contributed by atoms with van der Waals surface area (Å²) in [4.78, 5) is 11.2. The Labute approximate surface area is 103 Å². The highest BCUT2D eigenvalue weighted by atomic mass is 16.5. The van der Waals surface area contributed by atoms with Crippen molar-refractivity contribution in [2.75, 3.05) is 7.11 Å². The van der Waals surface area contributed by atoms with Crippen molar-refractivity contribution in [1.29, 1.82) is 0 Å². The van der Waals surface area contributed by atoms with Crippen LogP contribution in [0.15, 0.2) is 18.2 Å². The molecule has 0 saturated heterocycles. The lowest BCUT2D eigenvalue weighted by atomic mass is 9.83. The van der Waals surface area contributed by atoms with Crippen LogP contribution in [0.1, 0.15) is 49.7 Å². The van der Waals surface area contributed by atoms with E-state index >= 15 is 0 Å². The zero-order valence-corrected chi connectivity index (χ0v) is 10.7. The minimum Gasteiger partial charge on any atom is -0.496 e. The largest absolute Gasteiger partial charge is 0.496 e. The van der Waals surface area contributed by atoms with Crippen LogP contribution >= 0.6 is 0 Å². The van der Waals surface area contributed by atoms with Gasteiger partial charge in [-0.05, 0) is 42.4 Å². The number of ether oxygens (including phenoxy) is 1. The van der Waals surface area contributed by atoms with Crippen LogP contribution in [0.25, 0.3) is 0 Å². The van der Waals surface area contributed by atoms with E-state index in [1.54, 1.807) is 7.11 Å². The zero-order chi connectivity index (χ0) is 12.3. The zero-order valence-electron chi connectivity index (χ0n) is 10.7. The Bertz CT molecular complexity index is 399. The van der Waals surface area contributed by atoms with Gasteiger partial charge >= 0.3 is 0 Å². The van der Waals surface area contributed by atoms with Crippen LogP contribution < -0.4 is 4.74 Å². The highest BCUT2D eigenvalue weighted by Gasteiger charge is 2.20. The highest BCUT2D eigenvalue weighted by Crippen LogP contribution is 2.33. The topological polar surface area (TPSA) is 26.3 Å². The van der Waals surface area contributed by atoms with Crippen molar-refractivity contribution in [3.63, 3.8) is 0 Å². The SMILES string of the molecule is CCc1cc(C2CCC(=O)CC2)ccc1OC. The van der Waals surface area contributed by atoms with Crippen molar-refractivity contribution in [3.8, 4) is 5.75 Å². The Balaban J connectivity index is 2.18. The number of hydrogen-bond donors (Lipinski definition) is 0. The number of carbonyl (C=O) groups excluding carboxylic acids is 1. The van der Waals surface area contributed by atoms with Crippen LogP contribution in [0, 0.1) is 0 Å². The third-order valence-electron chi connectivity index (χ3n) is 3.70. The van der Waals surface area contributed by atoms with Crippen LogP contribution in [-0.4, -0.2) is 12.9 Å². The van der Waals surface area contributed by atoms with Gasteiger partial charge in [-0.3, -0.25) is 4.79 Å². The van der Waals surface area contributed by atoms with Gasteiger partial charge in [0.25, 0.3) is 0 Å². The Kier molecular flexibility index (Phi) is 3.82. The molecule has 0 atom stereocenters. The first-order valence-electron chi connectivity index (χ1n) is 6.43. The Hall–Kier alpha value is -1.31. The molecule has 1 fully saturated rings. The fraction of sp³-hybridized carbons (Fsp3) is 0.533. The van der Waals surface area contributed by atoms with E-state index in [0.29, 0.717) is 11.7 Å². The van der Waals surface area contributed by atoms with Crippen LogP contribution in [0.5, 0.6) is 5.75 Å². The maximum Gasteiger partial charge on any atom is 0.132 e. The van der Waals surface area contributed by atoms with Gasteiger partial charge in [-0.2, -0.15) is 0 Å². The molecule has 92 valence electrons. The molecule has 2 heteroatoms. The minimum absolute atomic E-state index is 0.422. The summed E-state index contributed by atoms with van der Waals surface area (Å²) in [5, 5.41) is 0. The number of methoxy groups -OCH3 is 1. The fourth-order valence-electron chi connectivity index (χ4n) is 2.60. The van der Waals surface area contributed by atoms with Crippen molar-refractivity contribution in [3.05, 3.63) is 29.3 Å². The minimum atomic E-state index is 0.422. The van der Waals surface area contributed by atoms with Gasteiger partial charge in [0.2, 0.25) is 0 Å². The van der Waals surface area contributed by atoms with Crippen molar-refractivity contribution in [2.45, 2.75) is 44.9 Å². The molecule has 0 unspecified atom stereocenters. The van der Waals surface area contributed by atoms with E-state index < -0.39 is 0 Å². The fourth-order valence-corrected chi connectivity index (χ4v) is 2.60. The number of aryl methyl sites for hydroxylation is 1. The maximum atomic E-state index is 11.2. The molecule has 0 spiro atoms. The molecule has 0 aromatic heterocycles. The maximum absolute atomic E-state index is 11.2. The van der Waals surface area contributed by atoms with Gasteiger partial charge in [0.05, 0.1) is 7.11 Å². The predicted octanol–water partition coefficient (Wildman–Crippen LogP) is 3.48. The van der Waals surface area contributed by atoms with Gasteiger partial charge in [0.15, 0.2) is 0 Å². The molecule has 0 amide bonds. The monoisotopic (exact) mass is 232 g/mol. The molecule has 0 heterocycles. The molecule has 1 aromatic rings. The summed E-state index contributed by atoms with van der Waals surface area (Å²) in [5.41, 5.74) is 2.64. The molecule has 1 aromatic carbocycles. The van der Waals surface area contributed by atoms with Gasteiger partial charge < -0.3 is 4.74 Å². The number of ketones is 1. The van der Waals surface area contributed by atoms with Crippen LogP contribution in [0.3, 0.4) is 0 Å². The Morgan fingerprint density at radius 2 is 2.00 bits per heavy atom. The van der Waals surface area contributed by atoms with E-state index in [4.69, 9.17) is 4.74 Å². The van der Waals surface area contributed by atoms with Gasteiger partial charge in [-0.25, -0.2) is 0 Å². The third-order valence-corrected chi connectivity index (χ3v) is 3.70. The predicted molar refractivity (Wildman–Crippen MR) is 68.6 cm³/mol. The van der Waals surface area contributed by atoms with E-state index in [9.17, 15) is 4.79 Å². The van der Waals surface area contributed by atoms with Crippen molar-refractivity contribution >= 4 is 5.78 Å². The second-order valence-corrected chi connectivity index (χ2v) is 4.74. The first-order chi connectivity index (χ1) is 8.24. The van der Waals surface area contributed by atoms with E-state index in [-0.39, 0.29) is 0 Å². The first kappa shape index (κ1) is 12.2. The van der Waals surface area contributed by atoms with E-state index in [2.05, 4.69) is 25.1 Å². The molecule has 0 aliphatic heterocycles. The van der Waals surface area contributed by atoms with Crippen LogP contribution in [0.4, 0.5) is 0 Å². The Morgan fingerprint density at radius 3 is 2.59 bits per heavy atom. The lowest BCUT2D eigenvalue weighted by Crippen LogP contribution is -2.12. The van der Waals surface area contributed by atoms with Crippen molar-refractivity contribution in [2.24, 2.45) is 0 Å². The number of rotatable bonds is 3. The number of benzene rings is 1. The summed E-state index contributed by atoms with van der Waals surface area (Å²) in [6, 6.07) is 6.46. The molecule has 1 aliphatic rings. The molecular weight excluding hydrogens is 212 g/mol. The first-order valence-corrected chi connectivity index (χ1v) is 6.43.